The zero-order chi connectivity index (χ0) is 25.5. The van der Waals surface area contributed by atoms with Crippen LogP contribution in [-0.2, 0) is 38.1 Å². The molecule has 186 valence electrons. The molecule has 35 heavy (non-hydrogen) atoms. The maximum Gasteiger partial charge on any atom is 0.322 e. The van der Waals surface area contributed by atoms with Crippen molar-refractivity contribution in [2.24, 2.45) is 0 Å². The molecule has 0 fully saturated rings. The van der Waals surface area contributed by atoms with Gasteiger partial charge in [0.2, 0.25) is 0 Å². The smallest absolute Gasteiger partial charge is 0.322 e. The minimum atomic E-state index is -3.94. The lowest BCUT2D eigenvalue weighted by Crippen LogP contribution is -2.31. The first-order chi connectivity index (χ1) is 16.6. The Kier molecular flexibility index (Phi) is 8.55. The fourth-order valence-corrected chi connectivity index (χ4v) is 4.91. The highest BCUT2D eigenvalue weighted by Crippen LogP contribution is 2.25. The number of rotatable bonds is 12. The molecule has 0 amide bonds. The number of hydrogen-bond donors (Lipinski definition) is 2. The van der Waals surface area contributed by atoms with E-state index in [-0.39, 0.29) is 30.1 Å². The first-order valence-electron chi connectivity index (χ1n) is 11.0. The van der Waals surface area contributed by atoms with Crippen LogP contribution in [0.25, 0.3) is 0 Å². The number of carboxylic acid groups (broad SMARTS) is 1. The number of aliphatic carboxylic acids is 1. The van der Waals surface area contributed by atoms with Gasteiger partial charge in [0.25, 0.3) is 10.0 Å². The molecule has 0 saturated carbocycles. The zero-order valence-electron chi connectivity index (χ0n) is 20.0. The maximum atomic E-state index is 13.5. The number of carbonyl (C=O) groups is 1. The van der Waals surface area contributed by atoms with Crippen molar-refractivity contribution in [2.45, 2.75) is 37.4 Å². The first-order valence-corrected chi connectivity index (χ1v) is 12.5. The van der Waals surface area contributed by atoms with E-state index in [1.165, 1.54) is 16.6 Å². The summed E-state index contributed by atoms with van der Waals surface area (Å²) in [4.78, 5) is 19.3. The van der Waals surface area contributed by atoms with Crippen LogP contribution in [0.1, 0.15) is 30.7 Å². The molecule has 10 heteroatoms. The lowest BCUT2D eigenvalue weighted by molar-refractivity contribution is -0.134. The molecule has 1 aromatic carbocycles. The van der Waals surface area contributed by atoms with E-state index in [4.69, 9.17) is 9.84 Å². The van der Waals surface area contributed by atoms with Gasteiger partial charge in [0, 0.05) is 25.3 Å². The molecule has 0 spiro atoms. The van der Waals surface area contributed by atoms with E-state index < -0.39 is 16.0 Å². The Morgan fingerprint density at radius 3 is 2.43 bits per heavy atom. The molecule has 2 aromatic heterocycles. The van der Waals surface area contributed by atoms with Gasteiger partial charge in [-0.15, -0.1) is 0 Å². The highest BCUT2D eigenvalue weighted by molar-refractivity contribution is 7.89. The third-order valence-electron chi connectivity index (χ3n) is 5.41. The second kappa shape index (κ2) is 11.4. The van der Waals surface area contributed by atoms with Crippen molar-refractivity contribution >= 4 is 21.8 Å². The Hall–Kier alpha value is -3.34. The Bertz CT molecular complexity index is 1230. The fraction of sp³-hybridized carbons (Fsp3) is 0.320. The molecule has 0 aliphatic carbocycles. The number of anilines is 1. The number of methoxy groups -OCH3 is 1. The second-order valence-electron chi connectivity index (χ2n) is 8.72. The molecular weight excluding hydrogens is 468 g/mol. The number of nitrogens with one attached hydrogen (secondary N) is 1. The van der Waals surface area contributed by atoms with Gasteiger partial charge in [-0.1, -0.05) is 50.2 Å². The number of benzene rings is 1. The van der Waals surface area contributed by atoms with Gasteiger partial charge < -0.3 is 15.2 Å². The van der Waals surface area contributed by atoms with Crippen molar-refractivity contribution < 1.29 is 23.1 Å². The zero-order valence-corrected chi connectivity index (χ0v) is 20.8. The van der Waals surface area contributed by atoms with Crippen molar-refractivity contribution in [1.82, 2.24) is 14.3 Å². The normalized spacial score (nSPS) is 12.0. The molecule has 0 unspecified atom stereocenters. The van der Waals surface area contributed by atoms with Gasteiger partial charge >= 0.3 is 5.97 Å². The van der Waals surface area contributed by atoms with Crippen molar-refractivity contribution in [3.8, 4) is 0 Å². The standard InChI is InChI=1S/C25H30N4O5S/c1-25(2,18-34-3)20-12-10-19(11-13-20)16-29(35(32,33)23-9-4-5-14-26-23)17-21-7-6-8-22(28-21)27-15-24(30)31/h4-14H,15-18H2,1-3H3,(H,27,28)(H,30,31). The highest BCUT2D eigenvalue weighted by Gasteiger charge is 2.27. The third kappa shape index (κ3) is 7.08. The van der Waals surface area contributed by atoms with Gasteiger partial charge in [0.05, 0.1) is 18.8 Å². The molecule has 0 aliphatic heterocycles. The molecule has 3 aromatic rings. The van der Waals surface area contributed by atoms with E-state index in [0.29, 0.717) is 18.1 Å². The number of pyridine rings is 2. The predicted octanol–water partition coefficient (Wildman–Crippen LogP) is 3.29. The minimum Gasteiger partial charge on any atom is -0.480 e. The monoisotopic (exact) mass is 498 g/mol. The summed E-state index contributed by atoms with van der Waals surface area (Å²) in [6.45, 7) is 4.53. The summed E-state index contributed by atoms with van der Waals surface area (Å²) < 4.78 is 33.6. The van der Waals surface area contributed by atoms with E-state index in [9.17, 15) is 13.2 Å². The van der Waals surface area contributed by atoms with Crippen LogP contribution in [-0.4, -0.2) is 54.0 Å². The lowest BCUT2D eigenvalue weighted by atomic mass is 9.85. The average Bonchev–Trinajstić information content (AvgIpc) is 2.83. The molecule has 2 heterocycles. The topological polar surface area (TPSA) is 122 Å². The van der Waals surface area contributed by atoms with Crippen molar-refractivity contribution in [3.63, 3.8) is 0 Å². The van der Waals surface area contributed by atoms with Crippen molar-refractivity contribution in [2.75, 3.05) is 25.6 Å². The van der Waals surface area contributed by atoms with Gasteiger partial charge in [-0.25, -0.2) is 18.4 Å². The van der Waals surface area contributed by atoms with Crippen molar-refractivity contribution in [1.29, 1.82) is 0 Å². The van der Waals surface area contributed by atoms with Gasteiger partial charge in [-0.05, 0) is 35.4 Å². The van der Waals surface area contributed by atoms with Crippen molar-refractivity contribution in [3.05, 3.63) is 83.7 Å². The van der Waals surface area contributed by atoms with E-state index >= 15 is 0 Å². The summed E-state index contributed by atoms with van der Waals surface area (Å²) in [5, 5.41) is 11.5. The minimum absolute atomic E-state index is 0.0155. The number of hydrogen-bond acceptors (Lipinski definition) is 7. The third-order valence-corrected chi connectivity index (χ3v) is 7.12. The molecule has 0 aliphatic rings. The van der Waals surface area contributed by atoms with E-state index in [0.717, 1.165) is 11.1 Å². The average molecular weight is 499 g/mol. The number of nitrogens with zero attached hydrogens (tertiary/aromatic N) is 3. The van der Waals surface area contributed by atoms with Crippen LogP contribution in [0.5, 0.6) is 0 Å². The van der Waals surface area contributed by atoms with Gasteiger partial charge in [0.1, 0.15) is 12.4 Å². The lowest BCUT2D eigenvalue weighted by Gasteiger charge is -2.25. The summed E-state index contributed by atoms with van der Waals surface area (Å²) in [5.41, 5.74) is 2.18. The predicted molar refractivity (Wildman–Crippen MR) is 132 cm³/mol. The van der Waals surface area contributed by atoms with E-state index in [1.54, 1.807) is 37.4 Å². The fourth-order valence-electron chi connectivity index (χ4n) is 3.58. The van der Waals surface area contributed by atoms with Crippen LogP contribution in [0.15, 0.2) is 71.9 Å². The number of aromatic nitrogens is 2. The summed E-state index contributed by atoms with van der Waals surface area (Å²) >= 11 is 0. The molecule has 2 N–H and O–H groups in total. The van der Waals surface area contributed by atoms with Crippen LogP contribution >= 0.6 is 0 Å². The maximum absolute atomic E-state index is 13.5. The summed E-state index contributed by atoms with van der Waals surface area (Å²) in [6, 6.07) is 17.5. The Morgan fingerprint density at radius 2 is 1.80 bits per heavy atom. The number of carboxylic acids is 1. The summed E-state index contributed by atoms with van der Waals surface area (Å²) in [7, 11) is -2.27. The summed E-state index contributed by atoms with van der Waals surface area (Å²) in [5.74, 6) is -0.668. The first kappa shape index (κ1) is 26.3. The Labute approximate surface area is 205 Å². The number of sulfonamides is 1. The highest BCUT2D eigenvalue weighted by atomic mass is 32.2. The largest absolute Gasteiger partial charge is 0.480 e. The van der Waals surface area contributed by atoms with Gasteiger partial charge in [-0.3, -0.25) is 4.79 Å². The Morgan fingerprint density at radius 1 is 1.06 bits per heavy atom. The SMILES string of the molecule is COCC(C)(C)c1ccc(CN(Cc2cccc(NCC(=O)O)n2)S(=O)(=O)c2ccccn2)cc1. The quantitative estimate of drug-likeness (QED) is 0.390. The molecule has 9 nitrogen and oxygen atoms in total. The molecule has 0 atom stereocenters. The molecule has 0 saturated heterocycles. The summed E-state index contributed by atoms with van der Waals surface area (Å²) in [6.07, 6.45) is 1.44. The van der Waals surface area contributed by atoms with Crippen LogP contribution in [0.3, 0.4) is 0 Å². The van der Waals surface area contributed by atoms with Crippen LogP contribution in [0, 0.1) is 0 Å². The molecule has 0 bridgehead atoms. The van der Waals surface area contributed by atoms with Crippen LogP contribution in [0.4, 0.5) is 5.82 Å². The number of ether oxygens (including phenoxy) is 1. The molecule has 3 rings (SSSR count). The van der Waals surface area contributed by atoms with E-state index in [2.05, 4.69) is 29.1 Å². The molecular formula is C25H30N4O5S. The van der Waals surface area contributed by atoms with Gasteiger partial charge in [0.15, 0.2) is 5.03 Å². The molecule has 0 radical (unpaired) electrons. The van der Waals surface area contributed by atoms with Crippen LogP contribution in [0.2, 0.25) is 0 Å². The van der Waals surface area contributed by atoms with Gasteiger partial charge in [-0.2, -0.15) is 4.31 Å². The second-order valence-corrected chi connectivity index (χ2v) is 10.6. The van der Waals surface area contributed by atoms with Crippen LogP contribution < -0.4 is 5.32 Å². The Balaban J connectivity index is 1.90. The van der Waals surface area contributed by atoms with E-state index in [1.807, 2.05) is 24.3 Å².